The number of nitrogens with two attached hydrogens (primary N) is 1. The van der Waals surface area contributed by atoms with Crippen LogP contribution in [0.3, 0.4) is 0 Å². The first-order valence-corrected chi connectivity index (χ1v) is 9.41. The van der Waals surface area contributed by atoms with Crippen LogP contribution < -0.4 is 15.8 Å². The second kappa shape index (κ2) is 7.79. The molecule has 0 radical (unpaired) electrons. The smallest absolute Gasteiger partial charge is 0.223 e. The lowest BCUT2D eigenvalue weighted by molar-refractivity contribution is -0.123. The summed E-state index contributed by atoms with van der Waals surface area (Å²) in [7, 11) is -3.22. The van der Waals surface area contributed by atoms with E-state index in [2.05, 4.69) is 5.32 Å². The molecule has 0 fully saturated rings. The number of carbonyl (C=O) groups is 1. The van der Waals surface area contributed by atoms with Crippen LogP contribution in [0.2, 0.25) is 0 Å². The quantitative estimate of drug-likeness (QED) is 0.743. The molecule has 0 bridgehead atoms. The fourth-order valence-electron chi connectivity index (χ4n) is 1.86. The number of nitrogens with one attached hydrogen (secondary N) is 1. The van der Waals surface area contributed by atoms with E-state index in [0.717, 1.165) is 6.26 Å². The summed E-state index contributed by atoms with van der Waals surface area (Å²) in [6, 6.07) is 6.11. The summed E-state index contributed by atoms with van der Waals surface area (Å²) in [5, 5.41) is 2.93. The predicted molar refractivity (Wildman–Crippen MR) is 90.1 cm³/mol. The largest absolute Gasteiger partial charge is 0.493 e. The molecule has 1 amide bonds. The number of benzene rings is 1. The monoisotopic (exact) mass is 342 g/mol. The van der Waals surface area contributed by atoms with E-state index in [4.69, 9.17) is 10.5 Å². The molecular weight excluding hydrogens is 316 g/mol. The number of amides is 1. The van der Waals surface area contributed by atoms with Gasteiger partial charge in [0.05, 0.1) is 23.5 Å². The van der Waals surface area contributed by atoms with E-state index in [0.29, 0.717) is 12.3 Å². The fraction of sp³-hybridized carbons (Fsp3) is 0.562. The van der Waals surface area contributed by atoms with E-state index >= 15 is 0 Å². The van der Waals surface area contributed by atoms with Crippen LogP contribution >= 0.6 is 0 Å². The zero-order valence-electron chi connectivity index (χ0n) is 14.1. The Morgan fingerprint density at radius 2 is 1.87 bits per heavy atom. The Hall–Kier alpha value is -1.60. The molecule has 0 aliphatic heterocycles. The van der Waals surface area contributed by atoms with E-state index in [-0.39, 0.29) is 29.7 Å². The average Bonchev–Trinajstić information content (AvgIpc) is 2.46. The zero-order chi connectivity index (χ0) is 17.7. The van der Waals surface area contributed by atoms with Gasteiger partial charge in [-0.05, 0) is 37.1 Å². The third kappa shape index (κ3) is 5.84. The van der Waals surface area contributed by atoms with Crippen LogP contribution in [0, 0.1) is 5.92 Å². The molecule has 130 valence electrons. The Bertz CT molecular complexity index is 626. The van der Waals surface area contributed by atoms with Gasteiger partial charge in [0, 0.05) is 12.8 Å². The average molecular weight is 342 g/mol. The van der Waals surface area contributed by atoms with Gasteiger partial charge in [-0.1, -0.05) is 13.8 Å². The molecule has 7 heteroatoms. The normalized spacial score (nSPS) is 14.3. The summed E-state index contributed by atoms with van der Waals surface area (Å²) < 4.78 is 28.2. The van der Waals surface area contributed by atoms with Gasteiger partial charge in [-0.15, -0.1) is 0 Å². The van der Waals surface area contributed by atoms with Gasteiger partial charge in [-0.3, -0.25) is 4.79 Å². The number of sulfone groups is 1. The van der Waals surface area contributed by atoms with Crippen LogP contribution in [0.1, 0.15) is 27.2 Å². The molecular formula is C16H26N2O4S. The van der Waals surface area contributed by atoms with E-state index in [1.807, 2.05) is 20.8 Å². The Morgan fingerprint density at radius 1 is 1.30 bits per heavy atom. The second-order valence-corrected chi connectivity index (χ2v) is 8.18. The molecule has 3 N–H and O–H groups in total. The van der Waals surface area contributed by atoms with Crippen molar-refractivity contribution < 1.29 is 17.9 Å². The van der Waals surface area contributed by atoms with Gasteiger partial charge in [0.1, 0.15) is 5.75 Å². The third-order valence-electron chi connectivity index (χ3n) is 3.97. The highest BCUT2D eigenvalue weighted by atomic mass is 32.2. The van der Waals surface area contributed by atoms with Crippen molar-refractivity contribution >= 4 is 15.7 Å². The van der Waals surface area contributed by atoms with Gasteiger partial charge in [-0.25, -0.2) is 8.42 Å². The molecule has 0 spiro atoms. The van der Waals surface area contributed by atoms with Crippen molar-refractivity contribution in [3.8, 4) is 5.75 Å². The molecule has 0 aromatic heterocycles. The lowest BCUT2D eigenvalue weighted by Crippen LogP contribution is -2.55. The minimum atomic E-state index is -3.22. The Balaban J connectivity index is 2.49. The summed E-state index contributed by atoms with van der Waals surface area (Å²) in [5.74, 6) is 0.621. The molecule has 0 aliphatic rings. The molecule has 0 heterocycles. The van der Waals surface area contributed by atoms with Crippen LogP contribution in [0.25, 0.3) is 0 Å². The summed E-state index contributed by atoms with van der Waals surface area (Å²) >= 11 is 0. The maximum absolute atomic E-state index is 12.0. The molecule has 1 aromatic rings. The summed E-state index contributed by atoms with van der Waals surface area (Å²) in [6.45, 7) is 6.51. The second-order valence-electron chi connectivity index (χ2n) is 6.17. The minimum absolute atomic E-state index is 0.126. The van der Waals surface area contributed by atoms with Crippen molar-refractivity contribution in [1.29, 1.82) is 0 Å². The number of hydrogen-bond donors (Lipinski definition) is 2. The van der Waals surface area contributed by atoms with Gasteiger partial charge in [0.2, 0.25) is 5.91 Å². The van der Waals surface area contributed by atoms with Gasteiger partial charge in [0.25, 0.3) is 0 Å². The molecule has 1 unspecified atom stereocenters. The number of carbonyl (C=O) groups excluding carboxylic acids is 1. The topological polar surface area (TPSA) is 98.5 Å². The zero-order valence-corrected chi connectivity index (χ0v) is 14.9. The van der Waals surface area contributed by atoms with Crippen LogP contribution in [-0.4, -0.2) is 39.3 Å². The molecule has 1 aromatic carbocycles. The number of hydrogen-bond acceptors (Lipinski definition) is 5. The molecule has 23 heavy (non-hydrogen) atoms. The first-order chi connectivity index (χ1) is 10.6. The van der Waals surface area contributed by atoms with E-state index < -0.39 is 15.4 Å². The predicted octanol–water partition coefficient (Wildman–Crippen LogP) is 1.35. The number of rotatable bonds is 8. The van der Waals surface area contributed by atoms with E-state index in [1.165, 1.54) is 12.1 Å². The van der Waals surface area contributed by atoms with Crippen LogP contribution in [0.4, 0.5) is 0 Å². The lowest BCUT2D eigenvalue weighted by Gasteiger charge is -2.33. The Morgan fingerprint density at radius 3 is 2.30 bits per heavy atom. The van der Waals surface area contributed by atoms with Gasteiger partial charge < -0.3 is 15.8 Å². The van der Waals surface area contributed by atoms with Gasteiger partial charge in [0.15, 0.2) is 9.84 Å². The SMILES string of the molecule is CC(C)C(C)(CN)NC(=O)CCOc1ccc(S(C)(=O)=O)cc1. The highest BCUT2D eigenvalue weighted by Gasteiger charge is 2.28. The summed E-state index contributed by atoms with van der Waals surface area (Å²) in [4.78, 5) is 12.2. The first-order valence-electron chi connectivity index (χ1n) is 7.52. The Kier molecular flexibility index (Phi) is 6.58. The van der Waals surface area contributed by atoms with E-state index in [9.17, 15) is 13.2 Å². The molecule has 0 saturated carbocycles. The van der Waals surface area contributed by atoms with Crippen LogP contribution in [0.15, 0.2) is 29.2 Å². The molecule has 1 atom stereocenters. The van der Waals surface area contributed by atoms with Crippen molar-refractivity contribution in [2.24, 2.45) is 11.7 Å². The number of ether oxygens (including phenoxy) is 1. The molecule has 1 rings (SSSR count). The van der Waals surface area contributed by atoms with Crippen molar-refractivity contribution in [2.75, 3.05) is 19.4 Å². The van der Waals surface area contributed by atoms with Crippen LogP contribution in [0.5, 0.6) is 5.75 Å². The standard InChI is InChI=1S/C16H26N2O4S/c1-12(2)16(3,11-17)18-15(19)9-10-22-13-5-7-14(8-6-13)23(4,20)21/h5-8,12H,9-11,17H2,1-4H3,(H,18,19). The van der Waals surface area contributed by atoms with Gasteiger partial charge >= 0.3 is 0 Å². The maximum atomic E-state index is 12.0. The lowest BCUT2D eigenvalue weighted by atomic mass is 9.88. The highest BCUT2D eigenvalue weighted by Crippen LogP contribution is 2.17. The molecule has 6 nitrogen and oxygen atoms in total. The highest BCUT2D eigenvalue weighted by molar-refractivity contribution is 7.90. The van der Waals surface area contributed by atoms with Crippen molar-refractivity contribution in [3.63, 3.8) is 0 Å². The maximum Gasteiger partial charge on any atom is 0.223 e. The fourth-order valence-corrected chi connectivity index (χ4v) is 2.49. The van der Waals surface area contributed by atoms with Crippen LogP contribution in [-0.2, 0) is 14.6 Å². The van der Waals surface area contributed by atoms with Crippen molar-refractivity contribution in [2.45, 2.75) is 37.6 Å². The minimum Gasteiger partial charge on any atom is -0.493 e. The summed E-state index contributed by atoms with van der Waals surface area (Å²) in [5.41, 5.74) is 5.29. The Labute approximate surface area is 138 Å². The van der Waals surface area contributed by atoms with Gasteiger partial charge in [-0.2, -0.15) is 0 Å². The third-order valence-corrected chi connectivity index (χ3v) is 5.10. The van der Waals surface area contributed by atoms with Crippen molar-refractivity contribution in [3.05, 3.63) is 24.3 Å². The van der Waals surface area contributed by atoms with E-state index in [1.54, 1.807) is 12.1 Å². The first kappa shape index (κ1) is 19.4. The summed E-state index contributed by atoms with van der Waals surface area (Å²) in [6.07, 6.45) is 1.35. The molecule has 0 aliphatic carbocycles. The van der Waals surface area contributed by atoms with Crippen molar-refractivity contribution in [1.82, 2.24) is 5.32 Å². The molecule has 0 saturated heterocycles.